The lowest BCUT2D eigenvalue weighted by Gasteiger charge is -1.99. The average molecular weight is 201 g/mol. The van der Waals surface area contributed by atoms with Crippen LogP contribution in [0.1, 0.15) is 11.8 Å². The Balaban J connectivity index is 2.32. The SMILES string of the molecule is C=CC(O)c1cnn(-c2ccccc2)n1. The predicted molar refractivity (Wildman–Crippen MR) is 56.5 cm³/mol. The molecule has 1 aromatic heterocycles. The minimum Gasteiger partial charge on any atom is -0.383 e. The molecule has 0 saturated heterocycles. The van der Waals surface area contributed by atoms with Gasteiger partial charge < -0.3 is 5.11 Å². The third kappa shape index (κ3) is 1.94. The molecule has 0 aliphatic carbocycles. The van der Waals surface area contributed by atoms with E-state index in [9.17, 15) is 5.11 Å². The zero-order valence-corrected chi connectivity index (χ0v) is 8.11. The molecule has 0 amide bonds. The van der Waals surface area contributed by atoms with Gasteiger partial charge in [-0.15, -0.1) is 6.58 Å². The van der Waals surface area contributed by atoms with E-state index in [0.717, 1.165) is 5.69 Å². The molecule has 2 aromatic rings. The third-order valence-corrected chi connectivity index (χ3v) is 2.02. The van der Waals surface area contributed by atoms with Gasteiger partial charge in [-0.1, -0.05) is 24.3 Å². The number of aliphatic hydroxyl groups excluding tert-OH is 1. The van der Waals surface area contributed by atoms with Crippen molar-refractivity contribution in [2.45, 2.75) is 6.10 Å². The van der Waals surface area contributed by atoms with Crippen molar-refractivity contribution in [3.8, 4) is 5.69 Å². The van der Waals surface area contributed by atoms with Gasteiger partial charge in [0.1, 0.15) is 11.8 Å². The van der Waals surface area contributed by atoms with Crippen molar-refractivity contribution in [1.82, 2.24) is 15.0 Å². The van der Waals surface area contributed by atoms with Crippen LogP contribution in [-0.4, -0.2) is 20.1 Å². The van der Waals surface area contributed by atoms with Crippen molar-refractivity contribution in [2.75, 3.05) is 0 Å². The van der Waals surface area contributed by atoms with Crippen LogP contribution >= 0.6 is 0 Å². The van der Waals surface area contributed by atoms with Gasteiger partial charge in [0.15, 0.2) is 0 Å². The molecule has 4 nitrogen and oxygen atoms in total. The topological polar surface area (TPSA) is 50.9 Å². The first-order valence-corrected chi connectivity index (χ1v) is 4.59. The van der Waals surface area contributed by atoms with Crippen molar-refractivity contribution in [1.29, 1.82) is 0 Å². The summed E-state index contributed by atoms with van der Waals surface area (Å²) in [5.74, 6) is 0. The molecule has 0 radical (unpaired) electrons. The molecular weight excluding hydrogens is 190 g/mol. The Kier molecular flexibility index (Phi) is 2.60. The number of rotatable bonds is 3. The summed E-state index contributed by atoms with van der Waals surface area (Å²) in [5, 5.41) is 17.6. The maximum absolute atomic E-state index is 9.46. The largest absolute Gasteiger partial charge is 0.383 e. The van der Waals surface area contributed by atoms with Gasteiger partial charge in [-0.05, 0) is 12.1 Å². The maximum atomic E-state index is 9.46. The fraction of sp³-hybridized carbons (Fsp3) is 0.0909. The van der Waals surface area contributed by atoms with Crippen LogP contribution in [0.25, 0.3) is 5.69 Å². The quantitative estimate of drug-likeness (QED) is 0.765. The molecule has 0 fully saturated rings. The molecule has 0 aliphatic rings. The molecule has 1 aromatic carbocycles. The number of aliphatic hydroxyl groups is 1. The summed E-state index contributed by atoms with van der Waals surface area (Å²) >= 11 is 0. The molecule has 0 spiro atoms. The number of benzene rings is 1. The fourth-order valence-electron chi connectivity index (χ4n) is 1.22. The summed E-state index contributed by atoms with van der Waals surface area (Å²) in [6, 6.07) is 9.52. The van der Waals surface area contributed by atoms with E-state index in [1.807, 2.05) is 30.3 Å². The first kappa shape index (κ1) is 9.61. The molecule has 15 heavy (non-hydrogen) atoms. The molecule has 0 saturated carbocycles. The summed E-state index contributed by atoms with van der Waals surface area (Å²) in [5.41, 5.74) is 1.36. The highest BCUT2D eigenvalue weighted by Gasteiger charge is 2.08. The summed E-state index contributed by atoms with van der Waals surface area (Å²) in [4.78, 5) is 1.47. The highest BCUT2D eigenvalue weighted by Crippen LogP contribution is 2.11. The summed E-state index contributed by atoms with van der Waals surface area (Å²) in [6.07, 6.45) is 2.18. The van der Waals surface area contributed by atoms with Crippen LogP contribution in [0.15, 0.2) is 49.2 Å². The lowest BCUT2D eigenvalue weighted by atomic mass is 10.3. The van der Waals surface area contributed by atoms with Gasteiger partial charge in [0.25, 0.3) is 0 Å². The number of hydrogen-bond acceptors (Lipinski definition) is 3. The number of para-hydroxylation sites is 1. The number of aromatic nitrogens is 3. The smallest absolute Gasteiger partial charge is 0.117 e. The number of hydrogen-bond donors (Lipinski definition) is 1. The zero-order chi connectivity index (χ0) is 10.7. The Morgan fingerprint density at radius 2 is 2.07 bits per heavy atom. The van der Waals surface area contributed by atoms with Crippen molar-refractivity contribution in [3.05, 3.63) is 54.9 Å². The second kappa shape index (κ2) is 4.06. The molecule has 1 N–H and O–H groups in total. The van der Waals surface area contributed by atoms with Crippen LogP contribution in [0.2, 0.25) is 0 Å². The molecule has 0 bridgehead atoms. The van der Waals surface area contributed by atoms with E-state index in [4.69, 9.17) is 0 Å². The van der Waals surface area contributed by atoms with E-state index >= 15 is 0 Å². The Bertz CT molecular complexity index is 450. The second-order valence-corrected chi connectivity index (χ2v) is 3.07. The Morgan fingerprint density at radius 1 is 1.33 bits per heavy atom. The van der Waals surface area contributed by atoms with E-state index in [2.05, 4.69) is 16.8 Å². The van der Waals surface area contributed by atoms with Gasteiger partial charge in [-0.25, -0.2) is 0 Å². The fourth-order valence-corrected chi connectivity index (χ4v) is 1.22. The standard InChI is InChI=1S/C11H11N3O/c1-2-11(15)10-8-12-14(13-10)9-6-4-3-5-7-9/h2-8,11,15H,1H2. The number of nitrogens with zero attached hydrogens (tertiary/aromatic N) is 3. The molecule has 2 rings (SSSR count). The Morgan fingerprint density at radius 3 is 2.73 bits per heavy atom. The molecule has 1 atom stereocenters. The van der Waals surface area contributed by atoms with E-state index in [0.29, 0.717) is 5.69 Å². The van der Waals surface area contributed by atoms with E-state index in [1.54, 1.807) is 0 Å². The third-order valence-electron chi connectivity index (χ3n) is 2.02. The monoisotopic (exact) mass is 201 g/mol. The van der Waals surface area contributed by atoms with E-state index < -0.39 is 6.10 Å². The van der Waals surface area contributed by atoms with Crippen molar-refractivity contribution < 1.29 is 5.11 Å². The van der Waals surface area contributed by atoms with Gasteiger partial charge in [0.05, 0.1) is 11.9 Å². The highest BCUT2D eigenvalue weighted by molar-refractivity contribution is 5.28. The Hall–Kier alpha value is -1.94. The molecule has 76 valence electrons. The van der Waals surface area contributed by atoms with Crippen LogP contribution in [0.3, 0.4) is 0 Å². The summed E-state index contributed by atoms with van der Waals surface area (Å²) < 4.78 is 0. The lowest BCUT2D eigenvalue weighted by molar-refractivity contribution is 0.223. The predicted octanol–water partition coefficient (Wildman–Crippen LogP) is 1.49. The van der Waals surface area contributed by atoms with Gasteiger partial charge in [-0.3, -0.25) is 0 Å². The van der Waals surface area contributed by atoms with Crippen LogP contribution in [0.5, 0.6) is 0 Å². The minimum atomic E-state index is -0.762. The molecule has 1 heterocycles. The molecular formula is C11H11N3O. The van der Waals surface area contributed by atoms with Crippen molar-refractivity contribution in [3.63, 3.8) is 0 Å². The Labute approximate surface area is 87.5 Å². The lowest BCUT2D eigenvalue weighted by Crippen LogP contribution is -2.00. The van der Waals surface area contributed by atoms with Crippen molar-refractivity contribution in [2.24, 2.45) is 0 Å². The first-order valence-electron chi connectivity index (χ1n) is 4.59. The van der Waals surface area contributed by atoms with Crippen molar-refractivity contribution >= 4 is 0 Å². The van der Waals surface area contributed by atoms with E-state index in [-0.39, 0.29) is 0 Å². The summed E-state index contributed by atoms with van der Waals surface area (Å²) in [7, 11) is 0. The molecule has 1 unspecified atom stereocenters. The zero-order valence-electron chi connectivity index (χ0n) is 8.11. The molecule has 0 aliphatic heterocycles. The normalized spacial score (nSPS) is 12.3. The summed E-state index contributed by atoms with van der Waals surface area (Å²) in [6.45, 7) is 3.49. The van der Waals surface area contributed by atoms with Gasteiger partial charge >= 0.3 is 0 Å². The van der Waals surface area contributed by atoms with Gasteiger partial charge in [0, 0.05) is 0 Å². The van der Waals surface area contributed by atoms with Crippen LogP contribution < -0.4 is 0 Å². The van der Waals surface area contributed by atoms with Crippen LogP contribution in [0, 0.1) is 0 Å². The van der Waals surface area contributed by atoms with Crippen LogP contribution in [0.4, 0.5) is 0 Å². The highest BCUT2D eigenvalue weighted by atomic mass is 16.3. The minimum absolute atomic E-state index is 0.494. The molecule has 4 heteroatoms. The van der Waals surface area contributed by atoms with E-state index in [1.165, 1.54) is 17.1 Å². The second-order valence-electron chi connectivity index (χ2n) is 3.07. The van der Waals surface area contributed by atoms with Gasteiger partial charge in [0.2, 0.25) is 0 Å². The average Bonchev–Trinajstić information content (AvgIpc) is 2.78. The van der Waals surface area contributed by atoms with Crippen LogP contribution in [-0.2, 0) is 0 Å². The van der Waals surface area contributed by atoms with Gasteiger partial charge in [-0.2, -0.15) is 15.0 Å². The first-order chi connectivity index (χ1) is 7.31. The maximum Gasteiger partial charge on any atom is 0.117 e.